The van der Waals surface area contributed by atoms with Gasteiger partial charge in [-0.25, -0.2) is 0 Å². The van der Waals surface area contributed by atoms with Crippen LogP contribution < -0.4 is 11.2 Å². The van der Waals surface area contributed by atoms with E-state index >= 15 is 0 Å². The molecule has 1 amide bonds. The fraction of sp³-hybridized carbons (Fsp3) is 0.875. The van der Waals surface area contributed by atoms with Gasteiger partial charge in [-0.2, -0.15) is 5.48 Å². The number of ether oxygens (including phenoxy) is 2. The van der Waals surface area contributed by atoms with E-state index in [1.807, 2.05) is 0 Å². The molecule has 0 radical (unpaired) electrons. The number of rotatable bonds is 7. The monoisotopic (exact) mass is 345 g/mol. The largest absolute Gasteiger partial charge is 0.433 e. The minimum absolute atomic E-state index is 0.0115. The third kappa shape index (κ3) is 6.35. The molecule has 1 aliphatic heterocycles. The number of hydrogen-bond donors (Lipinski definition) is 2. The third-order valence-electron chi connectivity index (χ3n) is 4.35. The van der Waals surface area contributed by atoms with Crippen LogP contribution in [0.3, 0.4) is 0 Å². The first-order chi connectivity index (χ1) is 11.5. The first-order valence-corrected chi connectivity index (χ1v) is 8.52. The molecule has 0 aromatic heterocycles. The predicted octanol–water partition coefficient (Wildman–Crippen LogP) is 0.757. The van der Waals surface area contributed by atoms with Crippen molar-refractivity contribution >= 4 is 12.4 Å². The Morgan fingerprint density at radius 1 is 1.29 bits per heavy atom. The SMILES string of the molecule is CC(=O)OC1(OCONC2CN(C=O)CC2C)CCCCC1.CN. The summed E-state index contributed by atoms with van der Waals surface area (Å²) >= 11 is 0. The van der Waals surface area contributed by atoms with Crippen molar-refractivity contribution in [1.82, 2.24) is 10.4 Å². The maximum absolute atomic E-state index is 11.3. The van der Waals surface area contributed by atoms with E-state index < -0.39 is 5.79 Å². The molecule has 8 nitrogen and oxygen atoms in total. The lowest BCUT2D eigenvalue weighted by Crippen LogP contribution is -2.42. The van der Waals surface area contributed by atoms with Gasteiger partial charge in [-0.05, 0) is 25.8 Å². The van der Waals surface area contributed by atoms with Gasteiger partial charge in [0.05, 0.1) is 6.04 Å². The van der Waals surface area contributed by atoms with Crippen molar-refractivity contribution in [3.63, 3.8) is 0 Å². The Labute approximate surface area is 143 Å². The number of esters is 1. The lowest BCUT2D eigenvalue weighted by molar-refractivity contribution is -0.281. The summed E-state index contributed by atoms with van der Waals surface area (Å²) in [4.78, 5) is 29.1. The average Bonchev–Trinajstić information content (AvgIpc) is 2.94. The number of likely N-dealkylation sites (tertiary alicyclic amines) is 1. The van der Waals surface area contributed by atoms with E-state index in [4.69, 9.17) is 14.3 Å². The highest BCUT2D eigenvalue weighted by Crippen LogP contribution is 2.32. The highest BCUT2D eigenvalue weighted by atomic mass is 16.8. The van der Waals surface area contributed by atoms with Crippen LogP contribution in [0.5, 0.6) is 0 Å². The molecule has 3 N–H and O–H groups in total. The van der Waals surface area contributed by atoms with E-state index in [1.165, 1.54) is 14.0 Å². The Balaban J connectivity index is 0.00000139. The van der Waals surface area contributed by atoms with E-state index in [9.17, 15) is 9.59 Å². The topological polar surface area (TPSA) is 103 Å². The molecular weight excluding hydrogens is 314 g/mol. The lowest BCUT2D eigenvalue weighted by atomic mass is 9.94. The first-order valence-electron chi connectivity index (χ1n) is 8.52. The van der Waals surface area contributed by atoms with Crippen LogP contribution in [0.2, 0.25) is 0 Å². The van der Waals surface area contributed by atoms with Crippen molar-refractivity contribution in [2.75, 3.05) is 26.9 Å². The van der Waals surface area contributed by atoms with Crippen molar-refractivity contribution in [1.29, 1.82) is 0 Å². The molecule has 0 bridgehead atoms. The Morgan fingerprint density at radius 2 is 1.96 bits per heavy atom. The summed E-state index contributed by atoms with van der Waals surface area (Å²) in [5, 5.41) is 0. The summed E-state index contributed by atoms with van der Waals surface area (Å²) in [5.74, 6) is -0.856. The number of nitrogens with two attached hydrogens (primary N) is 1. The average molecular weight is 345 g/mol. The Bertz CT molecular complexity index is 388. The molecule has 140 valence electrons. The van der Waals surface area contributed by atoms with Gasteiger partial charge >= 0.3 is 5.97 Å². The maximum atomic E-state index is 11.3. The zero-order chi connectivity index (χ0) is 18.0. The molecule has 1 saturated carbocycles. The molecule has 2 aliphatic rings. The van der Waals surface area contributed by atoms with Crippen molar-refractivity contribution < 1.29 is 23.9 Å². The van der Waals surface area contributed by atoms with Crippen molar-refractivity contribution in [3.05, 3.63) is 0 Å². The fourth-order valence-corrected chi connectivity index (χ4v) is 3.15. The smallest absolute Gasteiger partial charge is 0.305 e. The molecule has 0 spiro atoms. The van der Waals surface area contributed by atoms with Crippen molar-refractivity contribution in [2.24, 2.45) is 11.7 Å². The number of amides is 1. The fourth-order valence-electron chi connectivity index (χ4n) is 3.15. The van der Waals surface area contributed by atoms with E-state index in [-0.39, 0.29) is 18.8 Å². The van der Waals surface area contributed by atoms with Gasteiger partial charge < -0.3 is 20.1 Å². The number of hydroxylamine groups is 1. The van der Waals surface area contributed by atoms with Crippen molar-refractivity contribution in [2.45, 2.75) is 57.8 Å². The minimum atomic E-state index is -0.845. The maximum Gasteiger partial charge on any atom is 0.305 e. The molecule has 2 atom stereocenters. The molecule has 2 fully saturated rings. The van der Waals surface area contributed by atoms with Crippen LogP contribution in [-0.2, 0) is 23.9 Å². The third-order valence-corrected chi connectivity index (χ3v) is 4.35. The number of nitrogens with zero attached hydrogens (tertiary/aromatic N) is 1. The van der Waals surface area contributed by atoms with Crippen LogP contribution in [0.1, 0.15) is 46.0 Å². The molecule has 1 saturated heterocycles. The summed E-state index contributed by atoms with van der Waals surface area (Å²) in [6.07, 6.45) is 5.35. The van der Waals surface area contributed by atoms with Crippen LogP contribution in [0.4, 0.5) is 0 Å². The number of carbonyl (C=O) groups is 2. The number of carbonyl (C=O) groups excluding carboxylic acids is 2. The lowest BCUT2D eigenvalue weighted by Gasteiger charge is -2.35. The second kappa shape index (κ2) is 10.6. The molecule has 0 aromatic carbocycles. The highest BCUT2D eigenvalue weighted by Gasteiger charge is 2.36. The van der Waals surface area contributed by atoms with Crippen LogP contribution in [-0.4, -0.2) is 56.0 Å². The van der Waals surface area contributed by atoms with Gasteiger partial charge in [0.1, 0.15) is 0 Å². The highest BCUT2D eigenvalue weighted by molar-refractivity contribution is 5.66. The number of nitrogens with one attached hydrogen (secondary N) is 1. The summed E-state index contributed by atoms with van der Waals surface area (Å²) in [5.41, 5.74) is 7.44. The van der Waals surface area contributed by atoms with Gasteiger partial charge in [0.15, 0.2) is 6.79 Å². The van der Waals surface area contributed by atoms with Crippen LogP contribution >= 0.6 is 0 Å². The Kier molecular flexibility index (Phi) is 9.20. The van der Waals surface area contributed by atoms with Gasteiger partial charge in [0, 0.05) is 32.9 Å². The van der Waals surface area contributed by atoms with Gasteiger partial charge in [0.25, 0.3) is 0 Å². The molecule has 2 rings (SSSR count). The predicted molar refractivity (Wildman–Crippen MR) is 88.5 cm³/mol. The van der Waals surface area contributed by atoms with Crippen LogP contribution in [0, 0.1) is 5.92 Å². The second-order valence-electron chi connectivity index (χ2n) is 6.23. The van der Waals surface area contributed by atoms with Crippen molar-refractivity contribution in [3.8, 4) is 0 Å². The molecular formula is C16H31N3O5. The molecule has 1 aliphatic carbocycles. The quantitative estimate of drug-likeness (QED) is 0.231. The van der Waals surface area contributed by atoms with Gasteiger partial charge in [0.2, 0.25) is 12.2 Å². The molecule has 0 aromatic rings. The van der Waals surface area contributed by atoms with Crippen LogP contribution in [0.25, 0.3) is 0 Å². The van der Waals surface area contributed by atoms with Crippen LogP contribution in [0.15, 0.2) is 0 Å². The van der Waals surface area contributed by atoms with E-state index in [1.54, 1.807) is 4.90 Å². The summed E-state index contributed by atoms with van der Waals surface area (Å²) in [6.45, 7) is 4.82. The standard InChI is InChI=1S/C15H26N2O5.CH5N/c1-12-8-17(10-18)9-14(12)16-21-11-20-15(22-13(2)19)6-4-3-5-7-15;1-2/h10,12,14,16H,3-9,11H2,1-2H3;2H2,1H3. The molecule has 24 heavy (non-hydrogen) atoms. The summed E-state index contributed by atoms with van der Waals surface area (Å²) < 4.78 is 11.1. The number of hydrogen-bond acceptors (Lipinski definition) is 7. The molecule has 2 unspecified atom stereocenters. The van der Waals surface area contributed by atoms with E-state index in [0.717, 1.165) is 32.2 Å². The first kappa shape index (κ1) is 20.8. The minimum Gasteiger partial charge on any atom is -0.433 e. The van der Waals surface area contributed by atoms with Gasteiger partial charge in [-0.3, -0.25) is 14.4 Å². The second-order valence-corrected chi connectivity index (χ2v) is 6.23. The Morgan fingerprint density at radius 3 is 2.50 bits per heavy atom. The molecule has 8 heteroatoms. The van der Waals surface area contributed by atoms with E-state index in [0.29, 0.717) is 25.3 Å². The zero-order valence-corrected chi connectivity index (χ0v) is 15.0. The van der Waals surface area contributed by atoms with Gasteiger partial charge in [-0.1, -0.05) is 13.3 Å². The summed E-state index contributed by atoms with van der Waals surface area (Å²) in [6, 6.07) is 0.0878. The normalized spacial score (nSPS) is 25.6. The summed E-state index contributed by atoms with van der Waals surface area (Å²) in [7, 11) is 1.50. The molecule has 1 heterocycles. The zero-order valence-electron chi connectivity index (χ0n) is 15.0. The van der Waals surface area contributed by atoms with E-state index in [2.05, 4.69) is 18.1 Å². The van der Waals surface area contributed by atoms with Gasteiger partial charge in [-0.15, -0.1) is 0 Å². The Hall–Kier alpha value is -1.22.